The van der Waals surface area contributed by atoms with Crippen LogP contribution in [0.25, 0.3) is 0 Å². The number of carbonyl (C=O) groups is 1. The highest BCUT2D eigenvalue weighted by Crippen LogP contribution is 2.35. The Morgan fingerprint density at radius 3 is 2.93 bits per heavy atom. The van der Waals surface area contributed by atoms with Gasteiger partial charge < -0.3 is 14.5 Å². The zero-order valence-electron chi connectivity index (χ0n) is 16.0. The summed E-state index contributed by atoms with van der Waals surface area (Å²) in [4.78, 5) is 16.7. The van der Waals surface area contributed by atoms with Gasteiger partial charge in [-0.1, -0.05) is 17.7 Å². The summed E-state index contributed by atoms with van der Waals surface area (Å²) in [5.41, 5.74) is 1.68. The number of hydrogen-bond donors (Lipinski definition) is 0. The molecule has 0 radical (unpaired) electrons. The molecule has 6 nitrogen and oxygen atoms in total. The summed E-state index contributed by atoms with van der Waals surface area (Å²) in [6.07, 6.45) is 3.50. The highest BCUT2D eigenvalue weighted by Gasteiger charge is 2.28. The predicted molar refractivity (Wildman–Crippen MR) is 107 cm³/mol. The number of halogens is 1. The number of amides is 1. The summed E-state index contributed by atoms with van der Waals surface area (Å²) in [6.45, 7) is 3.94. The Morgan fingerprint density at radius 1 is 1.37 bits per heavy atom. The molecule has 1 saturated heterocycles. The highest BCUT2D eigenvalue weighted by molar-refractivity contribution is 6.30. The van der Waals surface area contributed by atoms with Gasteiger partial charge in [-0.25, -0.2) is 0 Å². The van der Waals surface area contributed by atoms with Gasteiger partial charge >= 0.3 is 0 Å². The average Bonchev–Trinajstić information content (AvgIpc) is 2.68. The topological polar surface area (TPSA) is 58.6 Å². The number of benzene rings is 1. The molecule has 7 heteroatoms. The molecule has 1 aromatic heterocycles. The minimum atomic E-state index is -0.00961. The lowest BCUT2D eigenvalue weighted by atomic mass is 9.89. The number of aromatic nitrogens is 2. The summed E-state index contributed by atoms with van der Waals surface area (Å²) in [7, 11) is 3.76. The smallest absolute Gasteiger partial charge is 0.255 e. The van der Waals surface area contributed by atoms with Gasteiger partial charge in [0, 0.05) is 38.1 Å². The van der Waals surface area contributed by atoms with Crippen molar-refractivity contribution < 1.29 is 9.53 Å². The summed E-state index contributed by atoms with van der Waals surface area (Å²) in [5.74, 6) is 1.70. The first kappa shape index (κ1) is 19.4. The van der Waals surface area contributed by atoms with Crippen molar-refractivity contribution >= 4 is 23.3 Å². The van der Waals surface area contributed by atoms with Gasteiger partial charge in [0.1, 0.15) is 5.75 Å². The third-order valence-corrected chi connectivity index (χ3v) is 5.01. The van der Waals surface area contributed by atoms with Crippen LogP contribution in [0.4, 0.5) is 5.82 Å². The molecule has 1 atom stereocenters. The Balaban J connectivity index is 1.80. The van der Waals surface area contributed by atoms with E-state index in [0.717, 1.165) is 30.7 Å². The molecule has 0 spiro atoms. The quantitative estimate of drug-likeness (QED) is 0.783. The maximum Gasteiger partial charge on any atom is 0.255 e. The Morgan fingerprint density at radius 2 is 2.19 bits per heavy atom. The number of carbonyl (C=O) groups excluding carboxylic acids is 1. The first-order valence-corrected chi connectivity index (χ1v) is 9.59. The van der Waals surface area contributed by atoms with Gasteiger partial charge in [-0.3, -0.25) is 4.79 Å². The van der Waals surface area contributed by atoms with Crippen LogP contribution in [0.5, 0.6) is 5.75 Å². The Bertz CT molecular complexity index is 812. The SMILES string of the molecule is CCOc1cc(Cl)ccc1C1CCCN(C(=O)c2cnnc(N(C)C)c2)C1. The van der Waals surface area contributed by atoms with Crippen molar-refractivity contribution in [1.82, 2.24) is 15.1 Å². The lowest BCUT2D eigenvalue weighted by Gasteiger charge is -2.33. The second-order valence-electron chi connectivity index (χ2n) is 6.90. The third kappa shape index (κ3) is 4.50. The fraction of sp³-hybridized carbons (Fsp3) is 0.450. The Hall–Kier alpha value is -2.34. The lowest BCUT2D eigenvalue weighted by Crippen LogP contribution is -2.39. The van der Waals surface area contributed by atoms with Gasteiger partial charge in [-0.15, -0.1) is 5.10 Å². The highest BCUT2D eigenvalue weighted by atomic mass is 35.5. The first-order chi connectivity index (χ1) is 13.0. The molecular weight excluding hydrogens is 364 g/mol. The maximum atomic E-state index is 13.0. The van der Waals surface area contributed by atoms with Crippen molar-refractivity contribution in [1.29, 1.82) is 0 Å². The van der Waals surface area contributed by atoms with E-state index in [0.29, 0.717) is 29.6 Å². The zero-order valence-corrected chi connectivity index (χ0v) is 16.7. The Labute approximate surface area is 165 Å². The van der Waals surface area contributed by atoms with Gasteiger partial charge in [-0.05, 0) is 43.5 Å². The van der Waals surface area contributed by atoms with Crippen LogP contribution in [0.1, 0.15) is 41.6 Å². The zero-order chi connectivity index (χ0) is 19.4. The minimum absolute atomic E-state index is 0.00961. The van der Waals surface area contributed by atoms with Gasteiger partial charge in [-0.2, -0.15) is 5.10 Å². The molecule has 1 unspecified atom stereocenters. The van der Waals surface area contributed by atoms with E-state index >= 15 is 0 Å². The predicted octanol–water partition coefficient (Wildman–Crippen LogP) is 3.61. The van der Waals surface area contributed by atoms with Crippen LogP contribution in [0.15, 0.2) is 30.5 Å². The van der Waals surface area contributed by atoms with E-state index in [2.05, 4.69) is 10.2 Å². The Kier molecular flexibility index (Phi) is 6.16. The van der Waals surface area contributed by atoms with Gasteiger partial charge in [0.15, 0.2) is 5.82 Å². The van der Waals surface area contributed by atoms with E-state index in [4.69, 9.17) is 16.3 Å². The molecule has 0 N–H and O–H groups in total. The van der Waals surface area contributed by atoms with Crippen LogP contribution in [-0.2, 0) is 0 Å². The lowest BCUT2D eigenvalue weighted by molar-refractivity contribution is 0.0705. The van der Waals surface area contributed by atoms with Gasteiger partial charge in [0.05, 0.1) is 18.4 Å². The molecule has 1 aliphatic rings. The summed E-state index contributed by atoms with van der Waals surface area (Å²) in [5, 5.41) is 8.68. The number of likely N-dealkylation sites (tertiary alicyclic amines) is 1. The fourth-order valence-corrected chi connectivity index (χ4v) is 3.58. The van der Waals surface area contributed by atoms with Crippen LogP contribution >= 0.6 is 11.6 Å². The number of ether oxygens (including phenoxy) is 1. The summed E-state index contributed by atoms with van der Waals surface area (Å²) in [6, 6.07) is 7.55. The molecule has 1 amide bonds. The van der Waals surface area contributed by atoms with Gasteiger partial charge in [0.25, 0.3) is 5.91 Å². The fourth-order valence-electron chi connectivity index (χ4n) is 3.41. The maximum absolute atomic E-state index is 13.0. The van der Waals surface area contributed by atoms with Crippen molar-refractivity contribution in [3.05, 3.63) is 46.6 Å². The van der Waals surface area contributed by atoms with Crippen molar-refractivity contribution in [2.45, 2.75) is 25.7 Å². The van der Waals surface area contributed by atoms with E-state index in [1.54, 1.807) is 6.07 Å². The molecule has 1 aliphatic heterocycles. The largest absolute Gasteiger partial charge is 0.494 e. The molecule has 0 aliphatic carbocycles. The number of nitrogens with zero attached hydrogens (tertiary/aromatic N) is 4. The van der Waals surface area contributed by atoms with Crippen LogP contribution in [0.2, 0.25) is 5.02 Å². The van der Waals surface area contributed by atoms with E-state index < -0.39 is 0 Å². The molecule has 1 aromatic carbocycles. The monoisotopic (exact) mass is 388 g/mol. The number of hydrogen-bond acceptors (Lipinski definition) is 5. The second kappa shape index (κ2) is 8.57. The standard InChI is InChI=1S/C20H25ClN4O2/c1-4-27-18-11-16(21)7-8-17(18)14-6-5-9-25(13-14)20(26)15-10-19(24(2)3)23-22-12-15/h7-8,10-12,14H,4-6,9,13H2,1-3H3. The molecule has 2 heterocycles. The third-order valence-electron chi connectivity index (χ3n) is 4.77. The van der Waals surface area contributed by atoms with Crippen molar-refractivity contribution in [3.8, 4) is 5.75 Å². The summed E-state index contributed by atoms with van der Waals surface area (Å²) < 4.78 is 5.78. The van der Waals surface area contributed by atoms with Crippen LogP contribution in [-0.4, -0.2) is 54.8 Å². The molecular formula is C20H25ClN4O2. The molecule has 144 valence electrons. The molecule has 3 rings (SSSR count). The number of anilines is 1. The second-order valence-corrected chi connectivity index (χ2v) is 7.34. The van der Waals surface area contributed by atoms with E-state index in [1.807, 2.05) is 49.0 Å². The van der Waals surface area contributed by atoms with Gasteiger partial charge in [0.2, 0.25) is 0 Å². The van der Waals surface area contributed by atoms with E-state index in [1.165, 1.54) is 6.20 Å². The van der Waals surface area contributed by atoms with Crippen molar-refractivity contribution in [2.24, 2.45) is 0 Å². The molecule has 27 heavy (non-hydrogen) atoms. The normalized spacial score (nSPS) is 16.9. The number of piperidine rings is 1. The van der Waals surface area contributed by atoms with Crippen molar-refractivity contribution in [2.75, 3.05) is 38.7 Å². The van der Waals surface area contributed by atoms with Crippen LogP contribution in [0.3, 0.4) is 0 Å². The minimum Gasteiger partial charge on any atom is -0.494 e. The molecule has 0 bridgehead atoms. The van der Waals surface area contributed by atoms with E-state index in [-0.39, 0.29) is 11.8 Å². The van der Waals surface area contributed by atoms with Crippen molar-refractivity contribution in [3.63, 3.8) is 0 Å². The first-order valence-electron chi connectivity index (χ1n) is 9.21. The van der Waals surface area contributed by atoms with E-state index in [9.17, 15) is 4.79 Å². The molecule has 2 aromatic rings. The molecule has 0 saturated carbocycles. The number of rotatable bonds is 5. The van der Waals surface area contributed by atoms with Crippen LogP contribution in [0, 0.1) is 0 Å². The van der Waals surface area contributed by atoms with Crippen LogP contribution < -0.4 is 9.64 Å². The average molecular weight is 389 g/mol. The summed E-state index contributed by atoms with van der Waals surface area (Å²) >= 11 is 6.13. The molecule has 1 fully saturated rings.